The third kappa shape index (κ3) is 4.80. The number of carbonyl (C=O) groups excluding carboxylic acids is 1. The lowest BCUT2D eigenvalue weighted by Gasteiger charge is -2.12. The molecule has 1 N–H and O–H groups in total. The van der Waals surface area contributed by atoms with Crippen molar-refractivity contribution >= 4 is 16.9 Å². The molecule has 1 heterocycles. The van der Waals surface area contributed by atoms with E-state index in [1.54, 1.807) is 0 Å². The van der Waals surface area contributed by atoms with Crippen LogP contribution in [0.3, 0.4) is 0 Å². The highest BCUT2D eigenvalue weighted by atomic mass is 16.5. The molecule has 0 radical (unpaired) electrons. The van der Waals surface area contributed by atoms with E-state index in [4.69, 9.17) is 9.72 Å². The van der Waals surface area contributed by atoms with Gasteiger partial charge < -0.3 is 14.6 Å². The Morgan fingerprint density at radius 3 is 2.82 bits per heavy atom. The molecule has 0 aliphatic heterocycles. The standard InChI is InChI=1S/C23H27N3O2/c1-4-23(27)24-13-7-10-22-25-20-8-5-6-9-21(20)26(22)14-15-28-19-12-11-17(2)18(3)16-19/h4-6,8-9,11-12,16H,1,7,10,13-15H2,2-3H3,(H,24,27). The molecule has 2 aromatic carbocycles. The summed E-state index contributed by atoms with van der Waals surface area (Å²) in [6.07, 6.45) is 2.90. The molecule has 0 spiro atoms. The number of hydrogen-bond donors (Lipinski definition) is 1. The van der Waals surface area contributed by atoms with E-state index in [2.05, 4.69) is 48.5 Å². The largest absolute Gasteiger partial charge is 0.492 e. The topological polar surface area (TPSA) is 56.2 Å². The van der Waals surface area contributed by atoms with E-state index < -0.39 is 0 Å². The van der Waals surface area contributed by atoms with Crippen molar-refractivity contribution in [3.8, 4) is 5.75 Å². The molecule has 5 nitrogen and oxygen atoms in total. The summed E-state index contributed by atoms with van der Waals surface area (Å²) in [6, 6.07) is 14.3. The minimum absolute atomic E-state index is 0.143. The number of carbonyl (C=O) groups is 1. The maximum absolute atomic E-state index is 11.3. The zero-order valence-corrected chi connectivity index (χ0v) is 16.6. The quantitative estimate of drug-likeness (QED) is 0.453. The third-order valence-corrected chi connectivity index (χ3v) is 4.86. The number of hydrogen-bond acceptors (Lipinski definition) is 3. The lowest BCUT2D eigenvalue weighted by atomic mass is 10.1. The number of aryl methyl sites for hydroxylation is 3. The maximum atomic E-state index is 11.3. The fourth-order valence-electron chi connectivity index (χ4n) is 3.15. The Bertz CT molecular complexity index is 975. The van der Waals surface area contributed by atoms with Crippen LogP contribution < -0.4 is 10.1 Å². The molecule has 5 heteroatoms. The number of para-hydroxylation sites is 2. The van der Waals surface area contributed by atoms with Crippen LogP contribution in [0.15, 0.2) is 55.1 Å². The fourth-order valence-corrected chi connectivity index (χ4v) is 3.15. The van der Waals surface area contributed by atoms with Gasteiger partial charge >= 0.3 is 0 Å². The first-order chi connectivity index (χ1) is 13.6. The zero-order valence-electron chi connectivity index (χ0n) is 16.6. The summed E-state index contributed by atoms with van der Waals surface area (Å²) < 4.78 is 8.19. The van der Waals surface area contributed by atoms with Crippen molar-refractivity contribution in [3.05, 3.63) is 72.1 Å². The Labute approximate surface area is 166 Å². The van der Waals surface area contributed by atoms with E-state index in [1.807, 2.05) is 24.3 Å². The van der Waals surface area contributed by atoms with E-state index in [1.165, 1.54) is 17.2 Å². The molecule has 3 rings (SSSR count). The van der Waals surface area contributed by atoms with E-state index in [9.17, 15) is 4.79 Å². The monoisotopic (exact) mass is 377 g/mol. The second-order valence-corrected chi connectivity index (χ2v) is 6.86. The zero-order chi connectivity index (χ0) is 19.9. The molecule has 1 amide bonds. The Balaban J connectivity index is 1.66. The number of nitrogens with one attached hydrogen (secondary N) is 1. The molecule has 28 heavy (non-hydrogen) atoms. The molecule has 146 valence electrons. The fraction of sp³-hybridized carbons (Fsp3) is 0.304. The highest BCUT2D eigenvalue weighted by molar-refractivity contribution is 5.86. The van der Waals surface area contributed by atoms with Crippen molar-refractivity contribution in [2.75, 3.05) is 13.2 Å². The number of aromatic nitrogens is 2. The SMILES string of the molecule is C=CC(=O)NCCCc1nc2ccccc2n1CCOc1ccc(C)c(C)c1. The van der Waals surface area contributed by atoms with Gasteiger partial charge in [0.15, 0.2) is 0 Å². The summed E-state index contributed by atoms with van der Waals surface area (Å²) in [6.45, 7) is 9.56. The van der Waals surface area contributed by atoms with E-state index >= 15 is 0 Å². The number of fused-ring (bicyclic) bond motifs is 1. The number of ether oxygens (including phenoxy) is 1. The Kier molecular flexibility index (Phi) is 6.48. The molecule has 0 saturated carbocycles. The summed E-state index contributed by atoms with van der Waals surface area (Å²) in [5, 5.41) is 2.81. The number of imidazole rings is 1. The predicted molar refractivity (Wildman–Crippen MR) is 113 cm³/mol. The normalized spacial score (nSPS) is 10.8. The maximum Gasteiger partial charge on any atom is 0.243 e. The molecular formula is C23H27N3O2. The van der Waals surface area contributed by atoms with Crippen LogP contribution in [0.25, 0.3) is 11.0 Å². The van der Waals surface area contributed by atoms with Gasteiger partial charge in [-0.1, -0.05) is 24.8 Å². The summed E-state index contributed by atoms with van der Waals surface area (Å²) in [4.78, 5) is 16.1. The van der Waals surface area contributed by atoms with Gasteiger partial charge in [-0.2, -0.15) is 0 Å². The Morgan fingerprint density at radius 2 is 2.04 bits per heavy atom. The van der Waals surface area contributed by atoms with Crippen LogP contribution >= 0.6 is 0 Å². The van der Waals surface area contributed by atoms with Gasteiger partial charge in [0.2, 0.25) is 5.91 Å². The van der Waals surface area contributed by atoms with Crippen LogP contribution in [0.5, 0.6) is 5.75 Å². The number of benzene rings is 2. The smallest absolute Gasteiger partial charge is 0.243 e. The van der Waals surface area contributed by atoms with Gasteiger partial charge in [0, 0.05) is 13.0 Å². The molecule has 0 unspecified atom stereocenters. The van der Waals surface area contributed by atoms with E-state index in [0.717, 1.165) is 42.0 Å². The Hall–Kier alpha value is -3.08. The third-order valence-electron chi connectivity index (χ3n) is 4.86. The molecule has 0 fully saturated rings. The minimum Gasteiger partial charge on any atom is -0.492 e. The lowest BCUT2D eigenvalue weighted by Crippen LogP contribution is -2.22. The van der Waals surface area contributed by atoms with Crippen molar-refractivity contribution < 1.29 is 9.53 Å². The van der Waals surface area contributed by atoms with Gasteiger partial charge in [0.1, 0.15) is 18.2 Å². The van der Waals surface area contributed by atoms with Gasteiger partial charge in [0.05, 0.1) is 17.6 Å². The van der Waals surface area contributed by atoms with Gasteiger partial charge in [-0.3, -0.25) is 4.79 Å². The highest BCUT2D eigenvalue weighted by Crippen LogP contribution is 2.19. The molecule has 0 atom stereocenters. The van der Waals surface area contributed by atoms with Crippen molar-refractivity contribution in [1.29, 1.82) is 0 Å². The van der Waals surface area contributed by atoms with Crippen LogP contribution in [0.4, 0.5) is 0 Å². The number of nitrogens with zero attached hydrogens (tertiary/aromatic N) is 2. The summed E-state index contributed by atoms with van der Waals surface area (Å²) in [5.74, 6) is 1.76. The van der Waals surface area contributed by atoms with Crippen molar-refractivity contribution in [2.24, 2.45) is 0 Å². The van der Waals surface area contributed by atoms with Gasteiger partial charge in [-0.05, 0) is 61.7 Å². The van der Waals surface area contributed by atoms with Crippen LogP contribution in [-0.4, -0.2) is 28.6 Å². The number of rotatable bonds is 9. The van der Waals surface area contributed by atoms with Gasteiger partial charge in [0.25, 0.3) is 0 Å². The first-order valence-electron chi connectivity index (χ1n) is 9.63. The first-order valence-corrected chi connectivity index (χ1v) is 9.63. The molecule has 0 aliphatic carbocycles. The second-order valence-electron chi connectivity index (χ2n) is 6.86. The van der Waals surface area contributed by atoms with Crippen LogP contribution in [0.2, 0.25) is 0 Å². The molecular weight excluding hydrogens is 350 g/mol. The van der Waals surface area contributed by atoms with Crippen molar-refractivity contribution in [1.82, 2.24) is 14.9 Å². The van der Waals surface area contributed by atoms with Crippen LogP contribution in [-0.2, 0) is 17.8 Å². The Morgan fingerprint density at radius 1 is 1.21 bits per heavy atom. The molecule has 1 aromatic heterocycles. The van der Waals surface area contributed by atoms with Crippen LogP contribution in [0, 0.1) is 13.8 Å². The van der Waals surface area contributed by atoms with E-state index in [0.29, 0.717) is 13.2 Å². The summed E-state index contributed by atoms with van der Waals surface area (Å²) >= 11 is 0. The summed E-state index contributed by atoms with van der Waals surface area (Å²) in [7, 11) is 0. The molecule has 0 aliphatic rings. The minimum atomic E-state index is -0.143. The average molecular weight is 377 g/mol. The molecule has 0 saturated heterocycles. The average Bonchev–Trinajstić information content (AvgIpc) is 3.05. The first kappa shape index (κ1) is 19.7. The van der Waals surface area contributed by atoms with Crippen LogP contribution in [0.1, 0.15) is 23.4 Å². The summed E-state index contributed by atoms with van der Waals surface area (Å²) in [5.41, 5.74) is 4.58. The second kappa shape index (κ2) is 9.22. The highest BCUT2D eigenvalue weighted by Gasteiger charge is 2.10. The van der Waals surface area contributed by atoms with Crippen molar-refractivity contribution in [2.45, 2.75) is 33.2 Å². The lowest BCUT2D eigenvalue weighted by molar-refractivity contribution is -0.116. The molecule has 0 bridgehead atoms. The predicted octanol–water partition coefficient (Wildman–Crippen LogP) is 3.97. The van der Waals surface area contributed by atoms with E-state index in [-0.39, 0.29) is 5.91 Å². The molecule has 3 aromatic rings. The van der Waals surface area contributed by atoms with Gasteiger partial charge in [-0.25, -0.2) is 4.98 Å². The number of amides is 1. The van der Waals surface area contributed by atoms with Gasteiger partial charge in [-0.15, -0.1) is 0 Å². The van der Waals surface area contributed by atoms with Crippen molar-refractivity contribution in [3.63, 3.8) is 0 Å².